The van der Waals surface area contributed by atoms with Crippen molar-refractivity contribution in [2.75, 3.05) is 20.8 Å². The molecule has 1 amide bonds. The van der Waals surface area contributed by atoms with Crippen LogP contribution in [0.4, 0.5) is 0 Å². The molecule has 0 atom stereocenters. The Hall–Kier alpha value is -2.50. The van der Waals surface area contributed by atoms with Gasteiger partial charge in [0.1, 0.15) is 5.69 Å². The van der Waals surface area contributed by atoms with Crippen molar-refractivity contribution in [3.63, 3.8) is 0 Å². The predicted molar refractivity (Wildman–Crippen MR) is 86.1 cm³/mol. The molecule has 1 aliphatic carbocycles. The predicted octanol–water partition coefficient (Wildman–Crippen LogP) is 2.28. The number of H-pyrrole nitrogens is 1. The third kappa shape index (κ3) is 3.64. The third-order valence-electron chi connectivity index (χ3n) is 3.99. The number of ether oxygens (including phenoxy) is 2. The molecule has 6 nitrogen and oxygen atoms in total. The molecule has 1 aromatic carbocycles. The van der Waals surface area contributed by atoms with Crippen LogP contribution in [-0.2, 0) is 6.42 Å². The molecular formula is C17H21N3O3. The highest BCUT2D eigenvalue weighted by Crippen LogP contribution is 2.38. The van der Waals surface area contributed by atoms with Gasteiger partial charge in [-0.05, 0) is 43.0 Å². The average molecular weight is 315 g/mol. The minimum absolute atomic E-state index is 0.145. The molecule has 1 aliphatic rings. The first-order valence-corrected chi connectivity index (χ1v) is 7.75. The van der Waals surface area contributed by atoms with Gasteiger partial charge in [-0.3, -0.25) is 9.89 Å². The number of aromatic amines is 1. The fourth-order valence-corrected chi connectivity index (χ4v) is 2.50. The highest BCUT2D eigenvalue weighted by atomic mass is 16.5. The number of carbonyl (C=O) groups excluding carboxylic acids is 1. The van der Waals surface area contributed by atoms with E-state index in [1.54, 1.807) is 14.2 Å². The van der Waals surface area contributed by atoms with Crippen LogP contribution in [0.1, 0.15) is 40.5 Å². The Morgan fingerprint density at radius 3 is 2.74 bits per heavy atom. The van der Waals surface area contributed by atoms with Gasteiger partial charge in [0.2, 0.25) is 0 Å². The van der Waals surface area contributed by atoms with Crippen LogP contribution in [-0.4, -0.2) is 36.9 Å². The van der Waals surface area contributed by atoms with Crippen molar-refractivity contribution in [3.8, 4) is 11.5 Å². The molecule has 2 aromatic rings. The number of carbonyl (C=O) groups is 1. The van der Waals surface area contributed by atoms with Crippen molar-refractivity contribution in [2.45, 2.75) is 25.2 Å². The molecule has 1 saturated carbocycles. The van der Waals surface area contributed by atoms with E-state index in [-0.39, 0.29) is 5.91 Å². The molecule has 0 bridgehead atoms. The van der Waals surface area contributed by atoms with E-state index < -0.39 is 0 Å². The fourth-order valence-electron chi connectivity index (χ4n) is 2.50. The fraction of sp³-hybridized carbons (Fsp3) is 0.412. The van der Waals surface area contributed by atoms with Gasteiger partial charge in [0, 0.05) is 18.2 Å². The third-order valence-corrected chi connectivity index (χ3v) is 3.99. The number of amides is 1. The Bertz CT molecular complexity index is 692. The summed E-state index contributed by atoms with van der Waals surface area (Å²) >= 11 is 0. The van der Waals surface area contributed by atoms with E-state index in [1.165, 1.54) is 12.8 Å². The number of hydrogen-bond acceptors (Lipinski definition) is 4. The van der Waals surface area contributed by atoms with Gasteiger partial charge >= 0.3 is 0 Å². The number of nitrogens with zero attached hydrogens (tertiary/aromatic N) is 1. The van der Waals surface area contributed by atoms with Crippen molar-refractivity contribution in [2.24, 2.45) is 0 Å². The summed E-state index contributed by atoms with van der Waals surface area (Å²) in [4.78, 5) is 12.1. The summed E-state index contributed by atoms with van der Waals surface area (Å²) < 4.78 is 10.5. The van der Waals surface area contributed by atoms with Gasteiger partial charge in [0.25, 0.3) is 5.91 Å². The molecule has 23 heavy (non-hydrogen) atoms. The van der Waals surface area contributed by atoms with Crippen LogP contribution in [0.5, 0.6) is 11.5 Å². The zero-order chi connectivity index (χ0) is 16.2. The first-order valence-electron chi connectivity index (χ1n) is 7.75. The maximum atomic E-state index is 12.1. The van der Waals surface area contributed by atoms with E-state index >= 15 is 0 Å². The lowest BCUT2D eigenvalue weighted by molar-refractivity contribution is 0.0949. The van der Waals surface area contributed by atoms with Gasteiger partial charge in [-0.25, -0.2) is 0 Å². The van der Waals surface area contributed by atoms with E-state index in [1.807, 2.05) is 24.3 Å². The second-order valence-electron chi connectivity index (χ2n) is 5.68. The number of aromatic nitrogens is 2. The quantitative estimate of drug-likeness (QED) is 0.822. The number of hydrogen-bond donors (Lipinski definition) is 2. The highest BCUT2D eigenvalue weighted by molar-refractivity contribution is 5.92. The first-order chi connectivity index (χ1) is 11.2. The summed E-state index contributed by atoms with van der Waals surface area (Å²) in [5.74, 6) is 1.81. The molecular weight excluding hydrogens is 294 g/mol. The Morgan fingerprint density at radius 1 is 1.26 bits per heavy atom. The summed E-state index contributed by atoms with van der Waals surface area (Å²) in [5.41, 5.74) is 2.60. The Morgan fingerprint density at radius 2 is 2.04 bits per heavy atom. The normalized spacial score (nSPS) is 13.7. The molecule has 1 aromatic heterocycles. The minimum atomic E-state index is -0.145. The lowest BCUT2D eigenvalue weighted by atomic mass is 10.1. The van der Waals surface area contributed by atoms with Gasteiger partial charge < -0.3 is 14.8 Å². The lowest BCUT2D eigenvalue weighted by Gasteiger charge is -2.09. The Kier molecular flexibility index (Phi) is 4.50. The number of nitrogens with one attached hydrogen (secondary N) is 2. The van der Waals surface area contributed by atoms with Gasteiger partial charge in [0.05, 0.1) is 14.2 Å². The van der Waals surface area contributed by atoms with Crippen LogP contribution in [0.3, 0.4) is 0 Å². The summed E-state index contributed by atoms with van der Waals surface area (Å²) in [6, 6.07) is 7.60. The van der Waals surface area contributed by atoms with Crippen molar-refractivity contribution in [1.82, 2.24) is 15.5 Å². The van der Waals surface area contributed by atoms with Gasteiger partial charge in [-0.15, -0.1) is 0 Å². The molecule has 0 spiro atoms. The Balaban J connectivity index is 1.53. The number of benzene rings is 1. The average Bonchev–Trinajstić information content (AvgIpc) is 3.31. The van der Waals surface area contributed by atoms with Crippen molar-refractivity contribution < 1.29 is 14.3 Å². The monoisotopic (exact) mass is 315 g/mol. The largest absolute Gasteiger partial charge is 0.493 e. The topological polar surface area (TPSA) is 76.2 Å². The lowest BCUT2D eigenvalue weighted by Crippen LogP contribution is -2.26. The first kappa shape index (κ1) is 15.4. The highest BCUT2D eigenvalue weighted by Gasteiger charge is 2.26. The van der Waals surface area contributed by atoms with Crippen LogP contribution in [0, 0.1) is 0 Å². The van der Waals surface area contributed by atoms with Crippen LogP contribution >= 0.6 is 0 Å². The smallest absolute Gasteiger partial charge is 0.271 e. The number of rotatable bonds is 7. The van der Waals surface area contributed by atoms with Gasteiger partial charge in [-0.2, -0.15) is 5.10 Å². The molecule has 0 unspecified atom stereocenters. The maximum Gasteiger partial charge on any atom is 0.271 e. The van der Waals surface area contributed by atoms with Crippen LogP contribution in [0.2, 0.25) is 0 Å². The molecule has 0 aliphatic heterocycles. The molecule has 1 fully saturated rings. The van der Waals surface area contributed by atoms with Crippen molar-refractivity contribution >= 4 is 5.91 Å². The van der Waals surface area contributed by atoms with Crippen molar-refractivity contribution in [1.29, 1.82) is 0 Å². The van der Waals surface area contributed by atoms with Crippen LogP contribution in [0.25, 0.3) is 0 Å². The summed E-state index contributed by atoms with van der Waals surface area (Å²) in [6.45, 7) is 0.542. The summed E-state index contributed by atoms with van der Waals surface area (Å²) in [7, 11) is 3.22. The van der Waals surface area contributed by atoms with E-state index in [4.69, 9.17) is 9.47 Å². The van der Waals surface area contributed by atoms with E-state index in [0.29, 0.717) is 36.1 Å². The second kappa shape index (κ2) is 6.73. The van der Waals surface area contributed by atoms with Gasteiger partial charge in [0.15, 0.2) is 11.5 Å². The molecule has 0 saturated heterocycles. The number of methoxy groups -OCH3 is 2. The maximum absolute atomic E-state index is 12.1. The van der Waals surface area contributed by atoms with Gasteiger partial charge in [-0.1, -0.05) is 6.07 Å². The standard InChI is InChI=1S/C17H21N3O3/c1-22-15-6-3-11(9-16(15)23-2)7-8-18-17(21)14-10-13(19-20-14)12-4-5-12/h3,6,9-10,12H,4-5,7-8H2,1-2H3,(H,18,21)(H,19,20). The summed E-state index contributed by atoms with van der Waals surface area (Å²) in [5, 5.41) is 9.92. The Labute approximate surface area is 135 Å². The summed E-state index contributed by atoms with van der Waals surface area (Å²) in [6.07, 6.45) is 3.08. The van der Waals surface area contributed by atoms with E-state index in [0.717, 1.165) is 11.3 Å². The van der Waals surface area contributed by atoms with E-state index in [2.05, 4.69) is 15.5 Å². The minimum Gasteiger partial charge on any atom is -0.493 e. The SMILES string of the molecule is COc1ccc(CCNC(=O)c2cc(C3CC3)[nH]n2)cc1OC. The van der Waals surface area contributed by atoms with E-state index in [9.17, 15) is 4.79 Å². The van der Waals surface area contributed by atoms with Crippen molar-refractivity contribution in [3.05, 3.63) is 41.2 Å². The molecule has 3 rings (SSSR count). The molecule has 1 heterocycles. The zero-order valence-corrected chi connectivity index (χ0v) is 13.4. The van der Waals surface area contributed by atoms with Crippen LogP contribution < -0.4 is 14.8 Å². The zero-order valence-electron chi connectivity index (χ0n) is 13.4. The van der Waals surface area contributed by atoms with Crippen LogP contribution in [0.15, 0.2) is 24.3 Å². The molecule has 0 radical (unpaired) electrons. The molecule has 122 valence electrons. The second-order valence-corrected chi connectivity index (χ2v) is 5.68. The molecule has 6 heteroatoms. The molecule has 2 N–H and O–H groups in total.